The van der Waals surface area contributed by atoms with E-state index in [9.17, 15) is 0 Å². The van der Waals surface area contributed by atoms with Crippen LogP contribution in [0.1, 0.15) is 23.6 Å². The minimum atomic E-state index is 0. The van der Waals surface area contributed by atoms with Gasteiger partial charge in [-0.15, -0.1) is 12.4 Å². The summed E-state index contributed by atoms with van der Waals surface area (Å²) in [7, 11) is 0. The first-order valence-corrected chi connectivity index (χ1v) is 9.98. The lowest BCUT2D eigenvalue weighted by Crippen LogP contribution is -2.13. The Balaban J connectivity index is 0.00000300. The van der Waals surface area contributed by atoms with Crippen LogP contribution in [0.2, 0.25) is 10.0 Å². The second-order valence-corrected chi connectivity index (χ2v) is 7.19. The fourth-order valence-electron chi connectivity index (χ4n) is 2.81. The van der Waals surface area contributed by atoms with Crippen LogP contribution in [0.3, 0.4) is 0 Å². The van der Waals surface area contributed by atoms with Crippen LogP contribution in [0.15, 0.2) is 66.7 Å². The van der Waals surface area contributed by atoms with Gasteiger partial charge in [0.2, 0.25) is 0 Å². The molecule has 0 fully saturated rings. The summed E-state index contributed by atoms with van der Waals surface area (Å²) < 4.78 is 11.7. The Kier molecular flexibility index (Phi) is 9.62. The van der Waals surface area contributed by atoms with Crippen LogP contribution in [0.4, 0.5) is 0 Å². The molecule has 3 aromatic rings. The number of rotatable bonds is 9. The summed E-state index contributed by atoms with van der Waals surface area (Å²) in [6.07, 6.45) is 0. The maximum absolute atomic E-state index is 6.50. The Hall–Kier alpha value is -1.91. The molecule has 29 heavy (non-hydrogen) atoms. The predicted octanol–water partition coefficient (Wildman–Crippen LogP) is 6.68. The zero-order chi connectivity index (χ0) is 19.8. The fourth-order valence-corrected chi connectivity index (χ4v) is 3.22. The monoisotopic (exact) mass is 451 g/mol. The minimum absolute atomic E-state index is 0. The van der Waals surface area contributed by atoms with Crippen molar-refractivity contribution >= 4 is 35.6 Å². The van der Waals surface area contributed by atoms with Crippen LogP contribution in [0, 0.1) is 0 Å². The molecule has 0 aliphatic rings. The third kappa shape index (κ3) is 7.13. The van der Waals surface area contributed by atoms with E-state index in [1.165, 1.54) is 5.56 Å². The molecule has 0 radical (unpaired) electrons. The second-order valence-electron chi connectivity index (χ2n) is 6.34. The molecule has 1 N–H and O–H groups in total. The fraction of sp³-hybridized carbons (Fsp3) is 0.217. The van der Waals surface area contributed by atoms with Crippen molar-refractivity contribution in [3.63, 3.8) is 0 Å². The van der Waals surface area contributed by atoms with E-state index in [1.807, 2.05) is 61.5 Å². The van der Waals surface area contributed by atoms with Crippen molar-refractivity contribution < 1.29 is 9.47 Å². The third-order valence-corrected chi connectivity index (χ3v) is 4.70. The van der Waals surface area contributed by atoms with Gasteiger partial charge in [0.05, 0.1) is 11.6 Å². The first-order valence-electron chi connectivity index (χ1n) is 9.23. The van der Waals surface area contributed by atoms with Gasteiger partial charge < -0.3 is 14.8 Å². The van der Waals surface area contributed by atoms with Gasteiger partial charge >= 0.3 is 0 Å². The molecule has 3 nitrogen and oxygen atoms in total. The van der Waals surface area contributed by atoms with Crippen molar-refractivity contribution in [3.05, 3.63) is 93.5 Å². The van der Waals surface area contributed by atoms with E-state index in [-0.39, 0.29) is 12.4 Å². The van der Waals surface area contributed by atoms with Crippen LogP contribution in [-0.2, 0) is 19.7 Å². The van der Waals surface area contributed by atoms with Gasteiger partial charge in [-0.1, -0.05) is 65.7 Å². The number of hydrogen-bond acceptors (Lipinski definition) is 3. The average molecular weight is 453 g/mol. The first kappa shape index (κ1) is 23.4. The van der Waals surface area contributed by atoms with E-state index < -0.39 is 0 Å². The number of hydrogen-bond donors (Lipinski definition) is 1. The van der Waals surface area contributed by atoms with E-state index in [1.54, 1.807) is 0 Å². The molecule has 0 unspecified atom stereocenters. The van der Waals surface area contributed by atoms with Crippen molar-refractivity contribution in [3.8, 4) is 11.5 Å². The zero-order valence-corrected chi connectivity index (χ0v) is 18.5. The minimum Gasteiger partial charge on any atom is -0.490 e. The molecule has 3 aromatic carbocycles. The topological polar surface area (TPSA) is 30.5 Å². The molecule has 0 aromatic heterocycles. The van der Waals surface area contributed by atoms with E-state index in [4.69, 9.17) is 32.7 Å². The first-order chi connectivity index (χ1) is 13.7. The Morgan fingerprint density at radius 3 is 2.17 bits per heavy atom. The number of halogens is 3. The third-order valence-electron chi connectivity index (χ3n) is 4.17. The molecule has 0 spiro atoms. The van der Waals surface area contributed by atoms with Gasteiger partial charge in [-0.05, 0) is 47.9 Å². The number of ether oxygens (including phenoxy) is 2. The molecule has 0 saturated heterocycles. The van der Waals surface area contributed by atoms with Crippen LogP contribution in [-0.4, -0.2) is 6.61 Å². The van der Waals surface area contributed by atoms with E-state index in [0.717, 1.165) is 17.7 Å². The Bertz CT molecular complexity index is 887. The van der Waals surface area contributed by atoms with Gasteiger partial charge in [0.15, 0.2) is 11.5 Å². The molecular formula is C23H24Cl3NO2. The Labute approximate surface area is 188 Å². The highest BCUT2D eigenvalue weighted by Gasteiger charge is 2.13. The summed E-state index contributed by atoms with van der Waals surface area (Å²) in [4.78, 5) is 0. The van der Waals surface area contributed by atoms with Crippen LogP contribution < -0.4 is 14.8 Å². The number of benzene rings is 3. The highest BCUT2D eigenvalue weighted by molar-refractivity contribution is 6.32. The van der Waals surface area contributed by atoms with Gasteiger partial charge in [-0.2, -0.15) is 0 Å². The summed E-state index contributed by atoms with van der Waals surface area (Å²) in [6, 6.07) is 21.7. The molecule has 0 aliphatic carbocycles. The summed E-state index contributed by atoms with van der Waals surface area (Å²) in [5.41, 5.74) is 3.29. The van der Waals surface area contributed by atoms with Gasteiger partial charge in [-0.3, -0.25) is 0 Å². The molecule has 154 valence electrons. The van der Waals surface area contributed by atoms with Gasteiger partial charge in [0.25, 0.3) is 0 Å². The standard InChI is InChI=1S/C23H23Cl2NO2.ClH/c1-2-27-22-13-19(15-26-14-17-6-4-3-5-7-17)12-21(25)23(22)28-16-18-8-10-20(24)11-9-18;/h3-13,26H,2,14-16H2,1H3;1H. The van der Waals surface area contributed by atoms with E-state index in [0.29, 0.717) is 41.3 Å². The smallest absolute Gasteiger partial charge is 0.180 e. The molecule has 0 atom stereocenters. The highest BCUT2D eigenvalue weighted by atomic mass is 35.5. The predicted molar refractivity (Wildman–Crippen MR) is 123 cm³/mol. The maximum Gasteiger partial charge on any atom is 0.180 e. The highest BCUT2D eigenvalue weighted by Crippen LogP contribution is 2.37. The van der Waals surface area contributed by atoms with Crippen molar-refractivity contribution in [1.82, 2.24) is 5.32 Å². The summed E-state index contributed by atoms with van der Waals surface area (Å²) >= 11 is 12.4. The summed E-state index contributed by atoms with van der Waals surface area (Å²) in [5.74, 6) is 1.21. The van der Waals surface area contributed by atoms with Crippen molar-refractivity contribution in [2.75, 3.05) is 6.61 Å². The number of nitrogens with one attached hydrogen (secondary N) is 1. The van der Waals surface area contributed by atoms with Crippen molar-refractivity contribution in [2.45, 2.75) is 26.6 Å². The Morgan fingerprint density at radius 1 is 0.793 bits per heavy atom. The largest absolute Gasteiger partial charge is 0.490 e. The van der Waals surface area contributed by atoms with Crippen molar-refractivity contribution in [1.29, 1.82) is 0 Å². The van der Waals surface area contributed by atoms with E-state index in [2.05, 4.69) is 17.4 Å². The van der Waals surface area contributed by atoms with Gasteiger partial charge in [0.1, 0.15) is 6.61 Å². The summed E-state index contributed by atoms with van der Waals surface area (Å²) in [6.45, 7) is 4.34. The lowest BCUT2D eigenvalue weighted by Gasteiger charge is -2.16. The van der Waals surface area contributed by atoms with E-state index >= 15 is 0 Å². The lowest BCUT2D eigenvalue weighted by molar-refractivity contribution is 0.269. The SMILES string of the molecule is CCOc1cc(CNCc2ccccc2)cc(Cl)c1OCc1ccc(Cl)cc1.Cl. The summed E-state index contributed by atoms with van der Waals surface area (Å²) in [5, 5.41) is 4.67. The quantitative estimate of drug-likeness (QED) is 0.392. The van der Waals surface area contributed by atoms with Crippen molar-refractivity contribution in [2.24, 2.45) is 0 Å². The Morgan fingerprint density at radius 2 is 1.48 bits per heavy atom. The van der Waals surface area contributed by atoms with Gasteiger partial charge in [-0.25, -0.2) is 0 Å². The van der Waals surface area contributed by atoms with Crippen LogP contribution in [0.25, 0.3) is 0 Å². The lowest BCUT2D eigenvalue weighted by atomic mass is 10.1. The van der Waals surface area contributed by atoms with Crippen LogP contribution >= 0.6 is 35.6 Å². The molecule has 6 heteroatoms. The molecule has 3 rings (SSSR count). The average Bonchev–Trinajstić information content (AvgIpc) is 2.70. The normalized spacial score (nSPS) is 10.3. The van der Waals surface area contributed by atoms with Gasteiger partial charge in [0, 0.05) is 18.1 Å². The second kappa shape index (κ2) is 11.9. The molecule has 0 saturated carbocycles. The zero-order valence-electron chi connectivity index (χ0n) is 16.2. The molecule has 0 aliphatic heterocycles. The maximum atomic E-state index is 6.50. The molecular weight excluding hydrogens is 429 g/mol. The molecule has 0 amide bonds. The molecule has 0 heterocycles. The molecule has 0 bridgehead atoms. The van der Waals surface area contributed by atoms with Crippen LogP contribution in [0.5, 0.6) is 11.5 Å².